The minimum Gasteiger partial charge on any atom is -0.463 e. The van der Waals surface area contributed by atoms with E-state index in [9.17, 15) is 57.5 Å². The van der Waals surface area contributed by atoms with Gasteiger partial charge in [0.05, 0.1) is 26.4 Å². The number of nitrogens with zero attached hydrogens (tertiary/aromatic N) is 2. The molecule has 0 aliphatic carbocycles. The van der Waals surface area contributed by atoms with E-state index in [1.165, 1.54) is 48.5 Å². The van der Waals surface area contributed by atoms with Crippen molar-refractivity contribution < 1.29 is 162 Å². The maximum absolute atomic E-state index is 17.0. The summed E-state index contributed by atoms with van der Waals surface area (Å²) in [5.41, 5.74) is 2.24. The van der Waals surface area contributed by atoms with E-state index in [0.717, 1.165) is 92.9 Å². The van der Waals surface area contributed by atoms with E-state index in [-0.39, 0.29) is 37.6 Å². The van der Waals surface area contributed by atoms with Crippen molar-refractivity contribution in [2.75, 3.05) is 26.4 Å². The lowest BCUT2D eigenvalue weighted by Crippen LogP contribution is -2.74. The number of ether oxygens (including phenoxy) is 20. The fourth-order valence-electron chi connectivity index (χ4n) is 15.1. The molecule has 6 aromatic carbocycles. The van der Waals surface area contributed by atoms with Crippen LogP contribution in [0.15, 0.2) is 170 Å². The molecule has 4 aliphatic heterocycles. The van der Waals surface area contributed by atoms with Crippen LogP contribution < -0.4 is 0 Å². The Kier molecular flexibility index (Phi) is 34.6. The molecule has 0 spiro atoms. The van der Waals surface area contributed by atoms with Gasteiger partial charge < -0.3 is 105 Å². The molecule has 4 aliphatic rings. The van der Waals surface area contributed by atoms with E-state index in [4.69, 9.17) is 94.7 Å². The summed E-state index contributed by atoms with van der Waals surface area (Å²) >= 11 is 0. The molecule has 4 heterocycles. The van der Waals surface area contributed by atoms with Gasteiger partial charge in [-0.2, -0.15) is 0 Å². The van der Waals surface area contributed by atoms with Crippen LogP contribution in [0.3, 0.4) is 0 Å². The molecule has 36 nitrogen and oxygen atoms in total. The minimum atomic E-state index is -1.94. The first-order valence-corrected chi connectivity index (χ1v) is 40.2. The van der Waals surface area contributed by atoms with E-state index in [1.807, 2.05) is 0 Å². The zero-order valence-electron chi connectivity index (χ0n) is 71.1. The Labute approximate surface area is 724 Å². The number of hydrogen-bond acceptors (Lipinski definition) is 34. The molecule has 20 atom stereocenters. The third kappa shape index (κ3) is 26.3. The monoisotopic (exact) mass is 1750 g/mol. The van der Waals surface area contributed by atoms with Crippen molar-refractivity contribution in [1.82, 2.24) is 9.80 Å². The first-order chi connectivity index (χ1) is 60.2. The van der Waals surface area contributed by atoms with E-state index in [0.29, 0.717) is 33.4 Å². The van der Waals surface area contributed by atoms with Gasteiger partial charge in [-0.05, 0) is 57.6 Å². The second-order valence-corrected chi connectivity index (χ2v) is 29.7. The third-order valence-corrected chi connectivity index (χ3v) is 20.1. The van der Waals surface area contributed by atoms with Gasteiger partial charge in [0.15, 0.2) is 74.0 Å². The molecule has 4 fully saturated rings. The SMILES string of the molecule is CC(=O)OC[C@H]1O[C@H](OCc2ccccc2)[C@@H](N(C(=O)c2ccc(-c3ccc(C(=O)N([C@@H]4[C@@H](OCc5ccccc5)O[C@H](COC(C)=O)[C@@H](OC(C)=O)[C@@H]4OC(C)=O)[C@@H]4[C@@H](OCc5ccccc5)O[C@H](COC(C)=O)[C@@H](OC(C)=O)[C@@H]4OC(C)=O)cc3)cc2)[C@@H]2[C@@H](OCc3ccccc3)O[C@H](COC(C)=O)[C@@H](OC(C)=O)[C@@H]2OC(C)=O)[C@@H](OC(C)=O)[C@@H]1OC(C)=O. The number of rotatable bonds is 35. The zero-order chi connectivity index (χ0) is 91.0. The van der Waals surface area contributed by atoms with Crippen LogP contribution in [0.5, 0.6) is 0 Å². The van der Waals surface area contributed by atoms with Crippen molar-refractivity contribution in [3.8, 4) is 11.1 Å². The number of hydrogen-bond donors (Lipinski definition) is 0. The van der Waals surface area contributed by atoms with Gasteiger partial charge in [-0.1, -0.05) is 146 Å². The highest BCUT2D eigenvalue weighted by molar-refractivity contribution is 5.97. The highest BCUT2D eigenvalue weighted by atomic mass is 16.7. The number of carbonyl (C=O) groups excluding carboxylic acids is 14. The second-order valence-electron chi connectivity index (χ2n) is 29.7. The van der Waals surface area contributed by atoms with Gasteiger partial charge in [-0.15, -0.1) is 0 Å². The van der Waals surface area contributed by atoms with Crippen LogP contribution in [0, 0.1) is 0 Å². The van der Waals surface area contributed by atoms with E-state index in [2.05, 4.69) is 0 Å². The minimum absolute atomic E-state index is 0.239. The quantitative estimate of drug-likeness (QED) is 0.0280. The molecule has 36 heteroatoms. The van der Waals surface area contributed by atoms with E-state index >= 15 is 9.59 Å². The maximum Gasteiger partial charge on any atom is 0.303 e. The number of esters is 12. The predicted octanol–water partition coefficient (Wildman–Crippen LogP) is 7.19. The van der Waals surface area contributed by atoms with Crippen molar-refractivity contribution in [1.29, 1.82) is 0 Å². The molecule has 6 aromatic rings. The highest BCUT2D eigenvalue weighted by Crippen LogP contribution is 2.43. The fraction of sp³-hybridized carbons (Fsp3) is 0.444. The van der Waals surface area contributed by atoms with Gasteiger partial charge in [-0.3, -0.25) is 67.1 Å². The van der Waals surface area contributed by atoms with Crippen LogP contribution >= 0.6 is 0 Å². The lowest BCUT2D eigenvalue weighted by molar-refractivity contribution is -0.322. The van der Waals surface area contributed by atoms with Crippen molar-refractivity contribution in [3.05, 3.63) is 203 Å². The Hall–Kier alpha value is -12.4. The number of carbonyl (C=O) groups is 14. The molecule has 0 aromatic heterocycles. The lowest BCUT2D eigenvalue weighted by atomic mass is 9.88. The smallest absolute Gasteiger partial charge is 0.303 e. The van der Waals surface area contributed by atoms with Gasteiger partial charge in [0.2, 0.25) is 0 Å². The normalized spacial score (nSPS) is 25.5. The van der Waals surface area contributed by atoms with Crippen molar-refractivity contribution >= 4 is 83.4 Å². The Morgan fingerprint density at radius 1 is 0.238 bits per heavy atom. The first kappa shape index (κ1) is 95.8. The second kappa shape index (κ2) is 45.5. The Morgan fingerprint density at radius 2 is 0.421 bits per heavy atom. The number of amides is 2. The summed E-state index contributed by atoms with van der Waals surface area (Å²) in [6, 6.07) is 37.7. The van der Waals surface area contributed by atoms with Crippen LogP contribution in [-0.4, -0.2) is 242 Å². The summed E-state index contributed by atoms with van der Waals surface area (Å²) in [7, 11) is 0. The molecule has 2 amide bonds. The number of benzene rings is 6. The lowest BCUT2D eigenvalue weighted by Gasteiger charge is -2.54. The molecule has 0 bridgehead atoms. The first-order valence-electron chi connectivity index (χ1n) is 40.2. The Bertz CT molecular complexity index is 4220. The Morgan fingerprint density at radius 3 is 0.595 bits per heavy atom. The van der Waals surface area contributed by atoms with Crippen molar-refractivity contribution in [2.24, 2.45) is 0 Å². The zero-order valence-corrected chi connectivity index (χ0v) is 71.1. The molecular weight excluding hydrogens is 1650 g/mol. The molecule has 0 N–H and O–H groups in total. The summed E-state index contributed by atoms with van der Waals surface area (Å²) in [5, 5.41) is 0. The topological polar surface area (TPSA) is 430 Å². The van der Waals surface area contributed by atoms with E-state index < -0.39 is 232 Å². The average molecular weight is 1750 g/mol. The predicted molar refractivity (Wildman–Crippen MR) is 430 cm³/mol. The molecule has 0 unspecified atom stereocenters. The van der Waals surface area contributed by atoms with Crippen molar-refractivity contribution in [2.45, 2.75) is 232 Å². The third-order valence-electron chi connectivity index (χ3n) is 20.1. The van der Waals surface area contributed by atoms with Crippen LogP contribution in [-0.2, 0) is 179 Å². The van der Waals surface area contributed by atoms with Crippen LogP contribution in [0.25, 0.3) is 11.1 Å². The highest BCUT2D eigenvalue weighted by Gasteiger charge is 2.64. The Balaban J connectivity index is 1.18. The van der Waals surface area contributed by atoms with Gasteiger partial charge in [0.1, 0.15) is 75.0 Å². The molecule has 4 saturated heterocycles. The molecule has 0 radical (unpaired) electrons. The van der Waals surface area contributed by atoms with E-state index in [1.54, 1.807) is 121 Å². The summed E-state index contributed by atoms with van der Waals surface area (Å²) in [5.74, 6) is -13.5. The van der Waals surface area contributed by atoms with Gasteiger partial charge >= 0.3 is 71.6 Å². The van der Waals surface area contributed by atoms with Crippen LogP contribution in [0.2, 0.25) is 0 Å². The van der Waals surface area contributed by atoms with Gasteiger partial charge in [-0.25, -0.2) is 0 Å². The molecular formula is C90H100N2O34. The molecule has 674 valence electrons. The molecule has 0 saturated carbocycles. The summed E-state index contributed by atoms with van der Waals surface area (Å²) in [4.78, 5) is 197. The van der Waals surface area contributed by atoms with Crippen LogP contribution in [0.1, 0.15) is 126 Å². The summed E-state index contributed by atoms with van der Waals surface area (Å²) in [6.07, 6.45) is -28.7. The van der Waals surface area contributed by atoms with Crippen molar-refractivity contribution in [3.63, 3.8) is 0 Å². The molecule has 10 rings (SSSR count). The van der Waals surface area contributed by atoms with Gasteiger partial charge in [0.25, 0.3) is 11.8 Å². The molecule has 126 heavy (non-hydrogen) atoms. The largest absolute Gasteiger partial charge is 0.463 e. The summed E-state index contributed by atoms with van der Waals surface area (Å²) < 4.78 is 124. The van der Waals surface area contributed by atoms with Crippen LogP contribution in [0.4, 0.5) is 0 Å². The fourth-order valence-corrected chi connectivity index (χ4v) is 15.1. The average Bonchev–Trinajstić information content (AvgIpc) is 0.738. The van der Waals surface area contributed by atoms with Gasteiger partial charge in [0, 0.05) is 94.2 Å². The maximum atomic E-state index is 17.0. The summed E-state index contributed by atoms with van der Waals surface area (Å²) in [6.45, 7) is 8.58. The standard InChI is InChI=1S/C90H100N2O34/c1-49(93)107-45-69-77(115-53(5)97)81(119-57(9)101)73(87(123-69)111-41-61-25-17-13-18-26-61)91(74-82(120-58(10)102)78(116-54(6)98)70(46-108-50(2)94)124-88(74)112-42-62-27-19-14-20-28-62)85(105)67-37-33-65(34-38-67)66-35-39-68(40-36-66)86(106)92(75-83(121-59(11)103)79(117-55(7)99)71(47-109-51(3)95)125-89(75)113-43-63-29-21-15-22-30-63)76-84(122-60(12)104)80(118-56(8)100)72(48-110-52(4)96)126-90(76)114-44-64-31-23-16-24-32-64/h13-40,69-84,87-90H,41-48H2,1-12H3/t69-,70-,71-,72-,73+,74+,75+,76+,77-,78-,79-,80-,81-,82-,83-,84-,87+,88+,89+,90+/m1/s1.